The van der Waals surface area contributed by atoms with E-state index in [1.807, 2.05) is 0 Å². The minimum absolute atomic E-state index is 0.496. The summed E-state index contributed by atoms with van der Waals surface area (Å²) in [7, 11) is 0. The maximum absolute atomic E-state index is 11.5. The largest absolute Gasteiger partial charge is 0.387 e. The maximum atomic E-state index is 11.5. The summed E-state index contributed by atoms with van der Waals surface area (Å²) >= 11 is 0. The number of aliphatic hydroxyl groups is 16. The second kappa shape index (κ2) is 30.0. The van der Waals surface area contributed by atoms with Gasteiger partial charge in [0.2, 0.25) is 0 Å². The van der Waals surface area contributed by atoms with Crippen molar-refractivity contribution in [1.82, 2.24) is 0 Å². The third-order valence-electron chi connectivity index (χ3n) is 17.3. The van der Waals surface area contributed by atoms with E-state index in [0.717, 1.165) is 0 Å². The number of hydrogen-bond donors (Lipinski definition) is 24. The molecule has 40 atom stereocenters. The summed E-state index contributed by atoms with van der Waals surface area (Å²) in [5.74, 6) is 0. The van der Waals surface area contributed by atoms with Crippen molar-refractivity contribution in [3.05, 3.63) is 0 Å². The van der Waals surface area contributed by atoms with Gasteiger partial charge < -0.3 is 203 Å². The van der Waals surface area contributed by atoms with Crippen LogP contribution in [0.1, 0.15) is 0 Å². The Hall–Kier alpha value is -1.60. The molecule has 30 aliphatic rings. The first kappa shape index (κ1) is 70.7. The van der Waals surface area contributed by atoms with E-state index >= 15 is 0 Å². The molecule has 512 valence electrons. The molecule has 32 N–H and O–H groups in total. The molecule has 0 saturated carbocycles. The fourth-order valence-electron chi connectivity index (χ4n) is 12.2. The van der Waals surface area contributed by atoms with E-state index in [-0.39, 0.29) is 0 Å². The van der Waals surface area contributed by atoms with Crippen LogP contribution in [0.15, 0.2) is 0 Å². The van der Waals surface area contributed by atoms with Gasteiger partial charge in [0.15, 0.2) is 50.3 Å². The summed E-state index contributed by atoms with van der Waals surface area (Å²) < 4.78 is 94.5. The van der Waals surface area contributed by atoms with Gasteiger partial charge in [0.25, 0.3) is 0 Å². The molecular weight excluding hydrogens is 1200 g/mol. The van der Waals surface area contributed by atoms with Crippen LogP contribution in [0.5, 0.6) is 0 Å². The quantitative estimate of drug-likeness (QED) is 0.107. The number of hydrogen-bond acceptors (Lipinski definition) is 40. The first-order valence-electron chi connectivity index (χ1n) is 28.9. The molecule has 40 nitrogen and oxygen atoms in total. The van der Waals surface area contributed by atoms with Crippen LogP contribution >= 0.6 is 0 Å². The fourth-order valence-corrected chi connectivity index (χ4v) is 12.2. The van der Waals surface area contributed by atoms with Crippen LogP contribution in [0, 0.1) is 0 Å². The Balaban J connectivity index is 0.975. The SMILES string of the molecule is NCC1O[C@@H]2O[C@@H]3C(CN)O[C@H](O[C@H]4[C@H](O)[C@@H](O)[C@@H](O[C@H]5[C@H](O)[C@@H](O)[C@@H](O[C@H]6[C@H](O)[C@@H](O)[C@@H](O[C@H]7[C@H](O)[C@@H](O)[C@@H](O[C@H]8[C@H](O)[C@@H](O)[C@@H](O[C@H]9[C@H](O)[C@@H](O)[C@@H](O[C@H]1[C@H](O)[C@H]2O)O[C@@H]9CN)O[C@@H]8CN)O[C@@H]7CN)O[C@@H]6CN)O[C@@H]5CN)O[C@@H]4CN)[C@H](O)[C@H]3O. The van der Waals surface area contributed by atoms with Crippen LogP contribution in [-0.2, 0) is 75.8 Å². The highest BCUT2D eigenvalue weighted by atomic mass is 16.8. The van der Waals surface area contributed by atoms with Crippen molar-refractivity contribution < 1.29 is 157 Å². The molecular formula is C48H88N8O32. The molecule has 0 aromatic heterocycles. The number of rotatable bonds is 8. The number of nitrogens with two attached hydrogens (primary N) is 8. The summed E-state index contributed by atoms with van der Waals surface area (Å²) in [6.07, 6.45) is -73.2. The Bertz CT molecular complexity index is 1730. The zero-order valence-corrected chi connectivity index (χ0v) is 47.1. The molecule has 30 heterocycles. The highest BCUT2D eigenvalue weighted by Gasteiger charge is 2.60. The van der Waals surface area contributed by atoms with Gasteiger partial charge in [-0.3, -0.25) is 0 Å². The Morgan fingerprint density at radius 1 is 0.148 bits per heavy atom. The number of aliphatic hydroxyl groups excluding tert-OH is 16. The van der Waals surface area contributed by atoms with Crippen molar-refractivity contribution in [2.75, 3.05) is 52.4 Å². The van der Waals surface area contributed by atoms with Crippen LogP contribution in [0.3, 0.4) is 0 Å². The third-order valence-corrected chi connectivity index (χ3v) is 17.3. The molecule has 2 unspecified atom stereocenters. The van der Waals surface area contributed by atoms with Gasteiger partial charge in [-0.1, -0.05) is 0 Å². The lowest BCUT2D eigenvalue weighted by Crippen LogP contribution is -2.69. The van der Waals surface area contributed by atoms with Gasteiger partial charge in [-0.15, -0.1) is 0 Å². The molecule has 0 aromatic carbocycles. The first-order chi connectivity index (χ1) is 41.9. The summed E-state index contributed by atoms with van der Waals surface area (Å²) in [5.41, 5.74) is 48.3. The normalized spacial score (nSPS) is 55.4. The van der Waals surface area contributed by atoms with Crippen LogP contribution in [-0.4, -0.2) is 380 Å². The van der Waals surface area contributed by atoms with Crippen molar-refractivity contribution in [3.63, 3.8) is 0 Å². The second-order valence-electron chi connectivity index (χ2n) is 22.9. The average Bonchev–Trinajstić information content (AvgIpc) is 3.62. The van der Waals surface area contributed by atoms with Crippen molar-refractivity contribution in [2.24, 2.45) is 45.9 Å². The van der Waals surface area contributed by atoms with Crippen molar-refractivity contribution in [1.29, 1.82) is 0 Å². The Morgan fingerprint density at radius 2 is 0.239 bits per heavy atom. The minimum atomic E-state index is -2.09. The molecule has 0 spiro atoms. The molecule has 0 radical (unpaired) electrons. The van der Waals surface area contributed by atoms with E-state index in [2.05, 4.69) is 0 Å². The second-order valence-corrected chi connectivity index (χ2v) is 22.9. The smallest absolute Gasteiger partial charge is 0.187 e. The van der Waals surface area contributed by atoms with Crippen LogP contribution < -0.4 is 45.9 Å². The van der Waals surface area contributed by atoms with Crippen molar-refractivity contribution in [3.8, 4) is 0 Å². The van der Waals surface area contributed by atoms with Gasteiger partial charge in [-0.2, -0.15) is 0 Å². The standard InChI is InChI=1S/C48H88N8O32/c49-1-9-33-17(57)25(65)41(73-9)82-34-10(2-50)75-43(27(67)19(34)59)84-36-12(4-52)77-45(29(69)21(36)61)86-38-14(6-54)79-47(31(71)23(38)63)88-40-16(8-56)80-48(32(72)24(40)64)87-39-15(7-55)78-46(30(70)22(39)62)85-37-13(5-53)76-44(28(68)20(37)60)83-35-11(3-51)74-42(81-33)26(66)18(35)58/h9-48,57-72H,1-8,49-56H2/t9-,10-,11-,12-,13-,14-,15?,16?,17-,18-,19-,20-,21-,22-,23-,24-,25-,26-,27-,28-,29-,30-,31-,32-,33-,34-,35-,36-,37-,38-,39-,40-,41-,42-,43-,44-,45-,46-,47-,48-/m1/s1. The molecule has 16 bridgehead atoms. The Labute approximate surface area is 500 Å². The first-order valence-corrected chi connectivity index (χ1v) is 28.9. The fraction of sp³-hybridized carbons (Fsp3) is 1.00. The molecule has 30 rings (SSSR count). The predicted molar refractivity (Wildman–Crippen MR) is 277 cm³/mol. The lowest BCUT2D eigenvalue weighted by atomic mass is 9.94. The van der Waals surface area contributed by atoms with Crippen LogP contribution in [0.2, 0.25) is 0 Å². The average molecular weight is 1290 g/mol. The molecule has 0 aliphatic carbocycles. The third kappa shape index (κ3) is 13.8. The van der Waals surface area contributed by atoms with Crippen molar-refractivity contribution in [2.45, 2.75) is 246 Å². The van der Waals surface area contributed by atoms with Gasteiger partial charge in [-0.25, -0.2) is 0 Å². The topological polar surface area (TPSA) is 680 Å². The molecule has 0 aromatic rings. The lowest BCUT2D eigenvalue weighted by Gasteiger charge is -2.51. The highest BCUT2D eigenvalue weighted by Crippen LogP contribution is 2.39. The summed E-state index contributed by atoms with van der Waals surface area (Å²) in [6.45, 7) is -3.97. The Morgan fingerprint density at radius 3 is 0.318 bits per heavy atom. The zero-order valence-electron chi connectivity index (χ0n) is 47.1. The highest BCUT2D eigenvalue weighted by molar-refractivity contribution is 5.03. The van der Waals surface area contributed by atoms with E-state index < -0.39 is 298 Å². The Kier molecular flexibility index (Phi) is 24.1. The molecule has 88 heavy (non-hydrogen) atoms. The van der Waals surface area contributed by atoms with Gasteiger partial charge >= 0.3 is 0 Å². The van der Waals surface area contributed by atoms with Crippen LogP contribution in [0.4, 0.5) is 0 Å². The lowest BCUT2D eigenvalue weighted by molar-refractivity contribution is -0.398. The van der Waals surface area contributed by atoms with E-state index in [9.17, 15) is 81.7 Å². The van der Waals surface area contributed by atoms with E-state index in [1.165, 1.54) is 0 Å². The summed E-state index contributed by atoms with van der Waals surface area (Å²) in [5, 5.41) is 184. The predicted octanol–water partition coefficient (Wildman–Crippen LogP) is -17.7. The monoisotopic (exact) mass is 1290 g/mol. The molecule has 30 aliphatic heterocycles. The minimum Gasteiger partial charge on any atom is -0.387 e. The van der Waals surface area contributed by atoms with Crippen LogP contribution in [0.25, 0.3) is 0 Å². The van der Waals surface area contributed by atoms with E-state index in [4.69, 9.17) is 122 Å². The summed E-state index contributed by atoms with van der Waals surface area (Å²) in [4.78, 5) is 0. The maximum Gasteiger partial charge on any atom is 0.187 e. The van der Waals surface area contributed by atoms with Gasteiger partial charge in [0, 0.05) is 52.4 Å². The van der Waals surface area contributed by atoms with E-state index in [1.54, 1.807) is 0 Å². The molecule has 40 heteroatoms. The zero-order chi connectivity index (χ0) is 64.1. The molecule has 30 fully saturated rings. The van der Waals surface area contributed by atoms with Crippen molar-refractivity contribution >= 4 is 0 Å². The van der Waals surface area contributed by atoms with Gasteiger partial charge in [0.05, 0.1) is 0 Å². The number of ether oxygens (including phenoxy) is 16. The molecule has 30 saturated heterocycles. The van der Waals surface area contributed by atoms with Gasteiger partial charge in [-0.05, 0) is 0 Å². The van der Waals surface area contributed by atoms with Gasteiger partial charge in [0.1, 0.15) is 195 Å². The van der Waals surface area contributed by atoms with E-state index in [0.29, 0.717) is 0 Å². The summed E-state index contributed by atoms with van der Waals surface area (Å²) in [6, 6.07) is 0. The molecule has 0 amide bonds.